The van der Waals surface area contributed by atoms with Crippen LogP contribution >= 0.6 is 11.6 Å². The van der Waals surface area contributed by atoms with Gasteiger partial charge in [0.2, 0.25) is 5.76 Å². The second-order valence-electron chi connectivity index (χ2n) is 3.29. The molecule has 0 amide bonds. The third kappa shape index (κ3) is 2.35. The van der Waals surface area contributed by atoms with E-state index >= 15 is 0 Å². The van der Waals surface area contributed by atoms with Crippen molar-refractivity contribution in [2.24, 2.45) is 0 Å². The number of hydrogen-bond donors (Lipinski definition) is 1. The number of ether oxygens (including phenoxy) is 2. The predicted molar refractivity (Wildman–Crippen MR) is 60.7 cm³/mol. The van der Waals surface area contributed by atoms with E-state index in [1.807, 2.05) is 0 Å². The minimum atomic E-state index is -1.13. The zero-order chi connectivity index (χ0) is 12.4. The fourth-order valence-corrected chi connectivity index (χ4v) is 1.61. The van der Waals surface area contributed by atoms with Crippen LogP contribution in [0, 0.1) is 0 Å². The monoisotopic (exact) mass is 256 g/mol. The van der Waals surface area contributed by atoms with Crippen LogP contribution in [0.1, 0.15) is 10.6 Å². The zero-order valence-corrected chi connectivity index (χ0v) is 9.65. The summed E-state index contributed by atoms with van der Waals surface area (Å²) in [6.45, 7) is 0.0533. The molecule has 1 aromatic heterocycles. The molecule has 0 aliphatic carbocycles. The first kappa shape index (κ1) is 11.8. The lowest BCUT2D eigenvalue weighted by molar-refractivity contribution is 0.0512. The summed E-state index contributed by atoms with van der Waals surface area (Å²) in [6.07, 6.45) is 0. The second-order valence-corrected chi connectivity index (χ2v) is 3.69. The summed E-state index contributed by atoms with van der Waals surface area (Å²) in [6, 6.07) is 4.52. The van der Waals surface area contributed by atoms with Gasteiger partial charge in [0.05, 0.1) is 5.02 Å². The van der Waals surface area contributed by atoms with Crippen LogP contribution in [0.2, 0.25) is 5.02 Å². The molecule has 6 heteroatoms. The highest BCUT2D eigenvalue weighted by molar-refractivity contribution is 6.32. The Morgan fingerprint density at radius 3 is 2.88 bits per heavy atom. The van der Waals surface area contributed by atoms with E-state index in [0.29, 0.717) is 21.7 Å². The van der Waals surface area contributed by atoms with Gasteiger partial charge in [-0.05, 0) is 12.1 Å². The lowest BCUT2D eigenvalue weighted by atomic mass is 10.2. The van der Waals surface area contributed by atoms with Crippen molar-refractivity contribution in [3.05, 3.63) is 29.0 Å². The van der Waals surface area contributed by atoms with Crippen molar-refractivity contribution in [2.45, 2.75) is 0 Å². The minimum absolute atomic E-state index is 0.0533. The van der Waals surface area contributed by atoms with Gasteiger partial charge in [-0.25, -0.2) is 4.79 Å². The summed E-state index contributed by atoms with van der Waals surface area (Å²) in [5.41, 5.74) is 0.401. The summed E-state index contributed by atoms with van der Waals surface area (Å²) in [5, 5.41) is 9.76. The van der Waals surface area contributed by atoms with E-state index in [1.165, 1.54) is 19.2 Å². The maximum Gasteiger partial charge on any atom is 0.371 e. The average molecular weight is 257 g/mol. The quantitative estimate of drug-likeness (QED) is 0.852. The van der Waals surface area contributed by atoms with Crippen molar-refractivity contribution in [1.82, 2.24) is 0 Å². The second kappa shape index (κ2) is 4.65. The Hall–Kier alpha value is -1.72. The first-order valence-corrected chi connectivity index (χ1v) is 5.07. The molecule has 0 fully saturated rings. The number of carboxylic acid groups (broad SMARTS) is 1. The van der Waals surface area contributed by atoms with Crippen molar-refractivity contribution in [3.8, 4) is 5.75 Å². The molecular formula is C11H9ClO5. The third-order valence-corrected chi connectivity index (χ3v) is 2.41. The maximum atomic E-state index is 10.7. The summed E-state index contributed by atoms with van der Waals surface area (Å²) < 4.78 is 15.1. The molecule has 0 radical (unpaired) electrons. The number of fused-ring (bicyclic) bond motifs is 1. The van der Waals surface area contributed by atoms with Crippen molar-refractivity contribution in [3.63, 3.8) is 0 Å². The number of rotatable bonds is 4. The highest BCUT2D eigenvalue weighted by Crippen LogP contribution is 2.31. The molecule has 0 atom stereocenters. The first-order chi connectivity index (χ1) is 8.11. The summed E-state index contributed by atoms with van der Waals surface area (Å²) in [4.78, 5) is 10.7. The first-order valence-electron chi connectivity index (χ1n) is 4.70. The number of methoxy groups -OCH3 is 1. The third-order valence-electron chi connectivity index (χ3n) is 2.11. The van der Waals surface area contributed by atoms with Gasteiger partial charge >= 0.3 is 5.97 Å². The standard InChI is InChI=1S/C11H9ClO5/c1-15-5-16-9-4-8-6(2-7(9)12)3-10(17-8)11(13)14/h2-4H,5H2,1H3,(H,13,14). The molecule has 1 N–H and O–H groups in total. The number of hydrogen-bond acceptors (Lipinski definition) is 4. The smallest absolute Gasteiger partial charge is 0.371 e. The molecule has 1 aromatic carbocycles. The van der Waals surface area contributed by atoms with Crippen molar-refractivity contribution in [2.75, 3.05) is 13.9 Å². The highest BCUT2D eigenvalue weighted by Gasteiger charge is 2.13. The molecule has 0 spiro atoms. The molecule has 17 heavy (non-hydrogen) atoms. The van der Waals surface area contributed by atoms with E-state index in [0.717, 1.165) is 0 Å². The number of benzene rings is 1. The molecule has 1 heterocycles. The van der Waals surface area contributed by atoms with E-state index in [1.54, 1.807) is 6.07 Å². The fourth-order valence-electron chi connectivity index (χ4n) is 1.38. The van der Waals surface area contributed by atoms with Gasteiger partial charge in [-0.1, -0.05) is 11.6 Å². The molecule has 5 nitrogen and oxygen atoms in total. The van der Waals surface area contributed by atoms with Crippen molar-refractivity contribution in [1.29, 1.82) is 0 Å². The molecule has 0 saturated heterocycles. The maximum absolute atomic E-state index is 10.7. The Morgan fingerprint density at radius 2 is 2.24 bits per heavy atom. The van der Waals surface area contributed by atoms with Gasteiger partial charge in [0, 0.05) is 18.6 Å². The minimum Gasteiger partial charge on any atom is -0.475 e. The number of aromatic carboxylic acids is 1. The molecule has 0 bridgehead atoms. The molecule has 90 valence electrons. The van der Waals surface area contributed by atoms with Crippen LogP contribution in [0.5, 0.6) is 5.75 Å². The van der Waals surface area contributed by atoms with Crippen LogP contribution in [0.4, 0.5) is 0 Å². The number of halogens is 1. The van der Waals surface area contributed by atoms with E-state index in [4.69, 9.17) is 30.6 Å². The van der Waals surface area contributed by atoms with Crippen LogP contribution < -0.4 is 4.74 Å². The summed E-state index contributed by atoms with van der Waals surface area (Å²) >= 11 is 5.96. The predicted octanol–water partition coefficient (Wildman–Crippen LogP) is 2.77. The number of carbonyl (C=O) groups is 1. The molecule has 0 saturated carbocycles. The van der Waals surface area contributed by atoms with Gasteiger partial charge in [0.25, 0.3) is 0 Å². The Morgan fingerprint density at radius 1 is 1.47 bits per heavy atom. The van der Waals surface area contributed by atoms with Gasteiger partial charge < -0.3 is 19.0 Å². The summed E-state index contributed by atoms with van der Waals surface area (Å²) in [5.74, 6) is -0.885. The largest absolute Gasteiger partial charge is 0.475 e. The molecule has 2 rings (SSSR count). The van der Waals surface area contributed by atoms with Gasteiger partial charge in [0.15, 0.2) is 6.79 Å². The van der Waals surface area contributed by atoms with E-state index < -0.39 is 5.97 Å². The average Bonchev–Trinajstić information content (AvgIpc) is 2.68. The Bertz CT molecular complexity index is 560. The normalized spacial score (nSPS) is 10.7. The SMILES string of the molecule is COCOc1cc2oc(C(=O)O)cc2cc1Cl. The van der Waals surface area contributed by atoms with Crippen LogP contribution in [-0.4, -0.2) is 25.0 Å². The van der Waals surface area contributed by atoms with Crippen LogP contribution in [0.25, 0.3) is 11.0 Å². The van der Waals surface area contributed by atoms with E-state index in [-0.39, 0.29) is 12.6 Å². The number of carboxylic acids is 1. The molecule has 0 unspecified atom stereocenters. The van der Waals surface area contributed by atoms with Gasteiger partial charge in [-0.2, -0.15) is 0 Å². The molecule has 0 aliphatic heterocycles. The number of furan rings is 1. The molecule has 2 aromatic rings. The van der Waals surface area contributed by atoms with Crippen molar-refractivity contribution >= 4 is 28.5 Å². The molecule has 0 aliphatic rings. The van der Waals surface area contributed by atoms with Gasteiger partial charge in [0.1, 0.15) is 11.3 Å². The van der Waals surface area contributed by atoms with Crippen molar-refractivity contribution < 1.29 is 23.8 Å². The Labute approximate surface area is 101 Å². The lowest BCUT2D eigenvalue weighted by Gasteiger charge is -2.05. The fraction of sp³-hybridized carbons (Fsp3) is 0.182. The zero-order valence-electron chi connectivity index (χ0n) is 8.90. The summed E-state index contributed by atoms with van der Waals surface area (Å²) in [7, 11) is 1.49. The highest BCUT2D eigenvalue weighted by atomic mass is 35.5. The molecular weight excluding hydrogens is 248 g/mol. The topological polar surface area (TPSA) is 68.9 Å². The van der Waals surface area contributed by atoms with Gasteiger partial charge in [-0.15, -0.1) is 0 Å². The Balaban J connectivity index is 2.44. The van der Waals surface area contributed by atoms with Crippen LogP contribution in [0.15, 0.2) is 22.6 Å². The van der Waals surface area contributed by atoms with E-state index in [2.05, 4.69) is 0 Å². The Kier molecular flexibility index (Phi) is 3.21. The van der Waals surface area contributed by atoms with Crippen LogP contribution in [-0.2, 0) is 4.74 Å². The lowest BCUT2D eigenvalue weighted by Crippen LogP contribution is -1.98. The van der Waals surface area contributed by atoms with E-state index in [9.17, 15) is 4.79 Å². The van der Waals surface area contributed by atoms with Crippen LogP contribution in [0.3, 0.4) is 0 Å². The van der Waals surface area contributed by atoms with Gasteiger partial charge in [-0.3, -0.25) is 0 Å².